The van der Waals surface area contributed by atoms with Crippen LogP contribution in [0.25, 0.3) is 11.4 Å². The molecule has 0 amide bonds. The van der Waals surface area contributed by atoms with Crippen LogP contribution in [0.15, 0.2) is 18.7 Å². The summed E-state index contributed by atoms with van der Waals surface area (Å²) in [5, 5.41) is 20.6. The predicted molar refractivity (Wildman–Crippen MR) is 62.9 cm³/mol. The first-order valence-electron chi connectivity index (χ1n) is 6.00. The lowest BCUT2D eigenvalue weighted by Crippen LogP contribution is -2.18. The number of carbonyl (C=O) groups is 1. The van der Waals surface area contributed by atoms with Gasteiger partial charge in [0, 0.05) is 12.4 Å². The van der Waals surface area contributed by atoms with Gasteiger partial charge in [0.15, 0.2) is 5.82 Å². The number of aromatic nitrogens is 6. The summed E-state index contributed by atoms with van der Waals surface area (Å²) in [5.74, 6) is 0.00407. The van der Waals surface area contributed by atoms with Crippen LogP contribution in [-0.4, -0.2) is 41.3 Å². The fourth-order valence-corrected chi connectivity index (χ4v) is 2.13. The van der Waals surface area contributed by atoms with Crippen LogP contribution in [0, 0.1) is 5.92 Å². The Labute approximate surface area is 108 Å². The Morgan fingerprint density at radius 1 is 1.42 bits per heavy atom. The minimum atomic E-state index is -0.845. The molecule has 1 aliphatic rings. The quantitative estimate of drug-likeness (QED) is 0.836. The number of carboxylic acid groups (broad SMARTS) is 1. The Morgan fingerprint density at radius 3 is 2.79 bits per heavy atom. The van der Waals surface area contributed by atoms with Gasteiger partial charge in [-0.3, -0.25) is 4.79 Å². The summed E-state index contributed by atoms with van der Waals surface area (Å²) in [6.07, 6.45) is 6.70. The van der Waals surface area contributed by atoms with Crippen LogP contribution in [0.2, 0.25) is 0 Å². The largest absolute Gasteiger partial charge is 0.481 e. The lowest BCUT2D eigenvalue weighted by Gasteiger charge is -2.15. The Morgan fingerprint density at radius 2 is 2.16 bits per heavy atom. The molecule has 3 rings (SSSR count). The zero-order valence-corrected chi connectivity index (χ0v) is 10.0. The maximum absolute atomic E-state index is 11.0. The van der Waals surface area contributed by atoms with Crippen molar-refractivity contribution in [3.63, 3.8) is 0 Å². The normalized spacial score (nSPS) is 16.2. The highest BCUT2D eigenvalue weighted by Gasteiger charge is 2.36. The molecule has 2 aromatic rings. The maximum atomic E-state index is 11.0. The first-order chi connectivity index (χ1) is 9.25. The van der Waals surface area contributed by atoms with E-state index in [1.54, 1.807) is 17.1 Å². The molecule has 1 fully saturated rings. The summed E-state index contributed by atoms with van der Waals surface area (Å²) < 4.78 is 1.59. The van der Waals surface area contributed by atoms with Crippen LogP contribution in [-0.2, 0) is 4.79 Å². The van der Waals surface area contributed by atoms with E-state index in [4.69, 9.17) is 5.11 Å². The van der Waals surface area contributed by atoms with Crippen LogP contribution in [0.4, 0.5) is 0 Å². The van der Waals surface area contributed by atoms with Crippen molar-refractivity contribution in [3.05, 3.63) is 18.7 Å². The SMILES string of the molecule is O=C(O)CC(C1CC1)n1nnnc1-c1cncnc1. The average Bonchev–Trinajstić information content (AvgIpc) is 3.14. The van der Waals surface area contributed by atoms with E-state index in [1.165, 1.54) is 6.33 Å². The van der Waals surface area contributed by atoms with Gasteiger partial charge in [-0.1, -0.05) is 0 Å². The fraction of sp³-hybridized carbons (Fsp3) is 0.455. The van der Waals surface area contributed by atoms with E-state index >= 15 is 0 Å². The monoisotopic (exact) mass is 260 g/mol. The molecule has 8 nitrogen and oxygen atoms in total. The highest BCUT2D eigenvalue weighted by Crippen LogP contribution is 2.42. The fourth-order valence-electron chi connectivity index (χ4n) is 2.13. The summed E-state index contributed by atoms with van der Waals surface area (Å²) in [6.45, 7) is 0. The van der Waals surface area contributed by atoms with Gasteiger partial charge in [0.2, 0.25) is 0 Å². The molecule has 0 saturated heterocycles. The standard InChI is InChI=1S/C11H12N6O2/c18-10(19)3-9(7-1-2-7)17-11(14-15-16-17)8-4-12-6-13-5-8/h4-7,9H,1-3H2,(H,18,19). The van der Waals surface area contributed by atoms with Crippen molar-refractivity contribution in [2.24, 2.45) is 5.92 Å². The Balaban J connectivity index is 1.96. The number of hydrogen-bond donors (Lipinski definition) is 1. The highest BCUT2D eigenvalue weighted by molar-refractivity contribution is 5.67. The molecule has 0 spiro atoms. The molecule has 2 aromatic heterocycles. The van der Waals surface area contributed by atoms with Crippen LogP contribution in [0.5, 0.6) is 0 Å². The molecule has 1 aliphatic carbocycles. The first kappa shape index (κ1) is 11.7. The molecule has 1 N–H and O–H groups in total. The molecule has 19 heavy (non-hydrogen) atoms. The molecule has 1 saturated carbocycles. The Kier molecular flexibility index (Phi) is 2.90. The molecule has 1 unspecified atom stereocenters. The third kappa shape index (κ3) is 2.42. The minimum absolute atomic E-state index is 0.0242. The predicted octanol–water partition coefficient (Wildman–Crippen LogP) is 0.556. The van der Waals surface area contributed by atoms with Crippen molar-refractivity contribution in [1.82, 2.24) is 30.2 Å². The second kappa shape index (κ2) is 4.71. The van der Waals surface area contributed by atoms with Crippen LogP contribution in [0.1, 0.15) is 25.3 Å². The van der Waals surface area contributed by atoms with Gasteiger partial charge < -0.3 is 5.11 Å². The van der Waals surface area contributed by atoms with Gasteiger partial charge in [0.1, 0.15) is 6.33 Å². The molecule has 98 valence electrons. The molecule has 1 atom stereocenters. The number of rotatable bonds is 5. The van der Waals surface area contributed by atoms with Gasteiger partial charge in [-0.15, -0.1) is 5.10 Å². The van der Waals surface area contributed by atoms with E-state index in [1.807, 2.05) is 0 Å². The summed E-state index contributed by atoms with van der Waals surface area (Å²) in [5.41, 5.74) is 0.684. The average molecular weight is 260 g/mol. The topological polar surface area (TPSA) is 107 Å². The molecular weight excluding hydrogens is 248 g/mol. The Hall–Kier alpha value is -2.38. The molecule has 0 radical (unpaired) electrons. The summed E-state index contributed by atoms with van der Waals surface area (Å²) in [4.78, 5) is 18.8. The van der Waals surface area contributed by atoms with Gasteiger partial charge in [-0.2, -0.15) is 0 Å². The number of tetrazole rings is 1. The van der Waals surface area contributed by atoms with Crippen molar-refractivity contribution in [2.75, 3.05) is 0 Å². The van der Waals surface area contributed by atoms with E-state index in [9.17, 15) is 4.79 Å². The van der Waals surface area contributed by atoms with Crippen LogP contribution in [0.3, 0.4) is 0 Å². The van der Waals surface area contributed by atoms with Crippen molar-refractivity contribution in [2.45, 2.75) is 25.3 Å². The van der Waals surface area contributed by atoms with E-state index in [-0.39, 0.29) is 12.5 Å². The second-order valence-corrected chi connectivity index (χ2v) is 4.58. The third-order valence-electron chi connectivity index (χ3n) is 3.18. The van der Waals surface area contributed by atoms with Crippen molar-refractivity contribution < 1.29 is 9.90 Å². The van der Waals surface area contributed by atoms with Crippen molar-refractivity contribution in [3.8, 4) is 11.4 Å². The second-order valence-electron chi connectivity index (χ2n) is 4.58. The van der Waals surface area contributed by atoms with E-state index in [0.717, 1.165) is 12.8 Å². The van der Waals surface area contributed by atoms with Crippen LogP contribution >= 0.6 is 0 Å². The van der Waals surface area contributed by atoms with E-state index in [0.29, 0.717) is 17.3 Å². The van der Waals surface area contributed by atoms with Gasteiger partial charge >= 0.3 is 5.97 Å². The highest BCUT2D eigenvalue weighted by atomic mass is 16.4. The van der Waals surface area contributed by atoms with Crippen molar-refractivity contribution in [1.29, 1.82) is 0 Å². The molecule has 2 heterocycles. The smallest absolute Gasteiger partial charge is 0.305 e. The van der Waals surface area contributed by atoms with Gasteiger partial charge in [-0.25, -0.2) is 14.6 Å². The van der Waals surface area contributed by atoms with Crippen LogP contribution < -0.4 is 0 Å². The van der Waals surface area contributed by atoms with Gasteiger partial charge in [0.05, 0.1) is 18.0 Å². The number of hydrogen-bond acceptors (Lipinski definition) is 6. The number of nitrogens with zero attached hydrogens (tertiary/aromatic N) is 6. The molecule has 0 aliphatic heterocycles. The third-order valence-corrected chi connectivity index (χ3v) is 3.18. The van der Waals surface area contributed by atoms with E-state index < -0.39 is 5.97 Å². The maximum Gasteiger partial charge on any atom is 0.305 e. The van der Waals surface area contributed by atoms with E-state index in [2.05, 4.69) is 25.5 Å². The molecule has 0 bridgehead atoms. The lowest BCUT2D eigenvalue weighted by molar-refractivity contribution is -0.138. The molecular formula is C11H12N6O2. The molecule has 0 aromatic carbocycles. The summed E-state index contributed by atoms with van der Waals surface area (Å²) in [7, 11) is 0. The van der Waals surface area contributed by atoms with Crippen molar-refractivity contribution >= 4 is 5.97 Å². The number of carboxylic acids is 1. The molecule has 8 heteroatoms. The first-order valence-corrected chi connectivity index (χ1v) is 6.00. The zero-order valence-electron chi connectivity index (χ0n) is 10.0. The van der Waals surface area contributed by atoms with Gasteiger partial charge in [0.25, 0.3) is 0 Å². The zero-order chi connectivity index (χ0) is 13.2. The lowest BCUT2D eigenvalue weighted by atomic mass is 10.1. The number of aliphatic carboxylic acids is 1. The minimum Gasteiger partial charge on any atom is -0.481 e. The summed E-state index contributed by atoms with van der Waals surface area (Å²) in [6, 6.07) is -0.206. The Bertz CT molecular complexity index is 580. The van der Waals surface area contributed by atoms with Gasteiger partial charge in [-0.05, 0) is 29.2 Å². The summed E-state index contributed by atoms with van der Waals surface area (Å²) >= 11 is 0.